The molecule has 3 aliphatic heterocycles. The summed E-state index contributed by atoms with van der Waals surface area (Å²) in [4.78, 5) is 12.4. The molecule has 0 aromatic rings. The third-order valence-electron chi connectivity index (χ3n) is 5.80. The van der Waals surface area contributed by atoms with Gasteiger partial charge in [-0.05, 0) is 31.1 Å². The Labute approximate surface area is 146 Å². The monoisotopic (exact) mass is 348 g/mol. The van der Waals surface area contributed by atoms with Gasteiger partial charge in [-0.3, -0.25) is 9.98 Å². The topological polar surface area (TPSA) is 40.0 Å². The van der Waals surface area contributed by atoms with E-state index < -0.39 is 0 Å². The van der Waals surface area contributed by atoms with Crippen molar-refractivity contribution in [2.45, 2.75) is 75.5 Å². The first-order valence-electron chi connectivity index (χ1n) is 9.08. The first-order valence-corrected chi connectivity index (χ1v) is 10.9. The Hall–Kier alpha value is -0.620. The van der Waals surface area contributed by atoms with Crippen molar-refractivity contribution in [2.24, 2.45) is 9.98 Å². The number of thioether (sulfide) groups is 2. The number of hydrogen-bond acceptors (Lipinski definition) is 6. The molecular weight excluding hydrogens is 324 g/mol. The van der Waals surface area contributed by atoms with Crippen LogP contribution in [0.15, 0.2) is 21.1 Å². The van der Waals surface area contributed by atoms with Crippen molar-refractivity contribution in [3.8, 4) is 0 Å². The standard InChI is InChI=1S/C17H24N4S2/c1-2-6-13-12(5-1)18-16(19-13)22-9-11-10-23-17-20-14-7-3-4-8-15(14)21(11)17/h10,12-15H,1-9H2,(H,18,19)/t12-,13-,14+,15-/m1/s1. The van der Waals surface area contributed by atoms with Crippen molar-refractivity contribution in [1.29, 1.82) is 0 Å². The van der Waals surface area contributed by atoms with Gasteiger partial charge in [0, 0.05) is 11.4 Å². The van der Waals surface area contributed by atoms with E-state index in [1.807, 2.05) is 23.5 Å². The van der Waals surface area contributed by atoms with Crippen LogP contribution in [0.4, 0.5) is 0 Å². The molecular formula is C17H24N4S2. The summed E-state index contributed by atoms with van der Waals surface area (Å²) in [5, 5.41) is 8.42. The minimum atomic E-state index is 0.546. The molecule has 2 saturated carbocycles. The zero-order valence-electron chi connectivity index (χ0n) is 13.4. The first kappa shape index (κ1) is 14.7. The average molecular weight is 349 g/mol. The Balaban J connectivity index is 1.23. The van der Waals surface area contributed by atoms with E-state index in [1.54, 1.807) is 0 Å². The van der Waals surface area contributed by atoms with E-state index in [0.717, 1.165) is 5.75 Å². The van der Waals surface area contributed by atoms with E-state index in [4.69, 9.17) is 9.98 Å². The molecule has 124 valence electrons. The van der Waals surface area contributed by atoms with Crippen LogP contribution < -0.4 is 5.32 Å². The molecule has 0 amide bonds. The van der Waals surface area contributed by atoms with E-state index in [2.05, 4.69) is 15.6 Å². The van der Waals surface area contributed by atoms with Crippen LogP contribution in [-0.2, 0) is 0 Å². The van der Waals surface area contributed by atoms with Crippen molar-refractivity contribution in [2.75, 3.05) is 5.75 Å². The lowest BCUT2D eigenvalue weighted by Gasteiger charge is -2.31. The molecule has 1 N–H and O–H groups in total. The Kier molecular flexibility index (Phi) is 3.85. The second kappa shape index (κ2) is 6.03. The van der Waals surface area contributed by atoms with Gasteiger partial charge in [0.15, 0.2) is 10.3 Å². The SMILES string of the molecule is C1=C(CSC2=N[C@@H]3CCCC[C@H]3N2)N2C(=N[C@H]3CCCC[C@H]32)S1. The molecule has 0 spiro atoms. The normalized spacial score (nSPS) is 38.3. The van der Waals surface area contributed by atoms with E-state index >= 15 is 0 Å². The second-order valence-electron chi connectivity index (χ2n) is 7.25. The van der Waals surface area contributed by atoms with Crippen molar-refractivity contribution in [1.82, 2.24) is 10.2 Å². The summed E-state index contributed by atoms with van der Waals surface area (Å²) in [7, 11) is 0. The zero-order valence-corrected chi connectivity index (χ0v) is 15.0. The molecule has 4 nitrogen and oxygen atoms in total. The zero-order chi connectivity index (χ0) is 15.2. The number of rotatable bonds is 2. The van der Waals surface area contributed by atoms with Crippen LogP contribution in [0.1, 0.15) is 51.4 Å². The number of nitrogens with one attached hydrogen (secondary N) is 1. The maximum atomic E-state index is 4.96. The Morgan fingerprint density at radius 1 is 1.09 bits per heavy atom. The second-order valence-corrected chi connectivity index (χ2v) is 9.05. The molecule has 2 aliphatic carbocycles. The smallest absolute Gasteiger partial charge is 0.168 e. The third-order valence-corrected chi connectivity index (χ3v) is 7.64. The van der Waals surface area contributed by atoms with Gasteiger partial charge < -0.3 is 10.2 Å². The number of hydrogen-bond donors (Lipinski definition) is 1. The van der Waals surface area contributed by atoms with E-state index in [9.17, 15) is 0 Å². The largest absolute Gasteiger partial charge is 0.360 e. The molecule has 5 rings (SSSR count). The van der Waals surface area contributed by atoms with E-state index in [-0.39, 0.29) is 0 Å². The molecule has 2 fully saturated rings. The fraction of sp³-hybridized carbons (Fsp3) is 0.765. The summed E-state index contributed by atoms with van der Waals surface area (Å²) in [5.74, 6) is 1.03. The number of aliphatic imine (C=N–C) groups is 2. The molecule has 23 heavy (non-hydrogen) atoms. The third kappa shape index (κ3) is 2.62. The number of amidine groups is 2. The fourth-order valence-corrected chi connectivity index (χ4v) is 6.65. The summed E-state index contributed by atoms with van der Waals surface area (Å²) in [6, 6.07) is 2.36. The summed E-state index contributed by atoms with van der Waals surface area (Å²) >= 11 is 3.73. The molecule has 6 heteroatoms. The Morgan fingerprint density at radius 2 is 1.91 bits per heavy atom. The predicted molar refractivity (Wildman–Crippen MR) is 100 cm³/mol. The highest BCUT2D eigenvalue weighted by atomic mass is 32.2. The van der Waals surface area contributed by atoms with Crippen LogP contribution in [-0.4, -0.2) is 45.2 Å². The van der Waals surface area contributed by atoms with Crippen LogP contribution in [0.2, 0.25) is 0 Å². The van der Waals surface area contributed by atoms with Gasteiger partial charge in [0.05, 0.1) is 24.2 Å². The molecule has 5 aliphatic rings. The van der Waals surface area contributed by atoms with Crippen molar-refractivity contribution in [3.05, 3.63) is 11.1 Å². The van der Waals surface area contributed by atoms with Crippen LogP contribution >= 0.6 is 23.5 Å². The number of nitrogens with zero attached hydrogens (tertiary/aromatic N) is 3. The molecule has 3 heterocycles. The Bertz CT molecular complexity index is 585. The molecule has 0 aromatic heterocycles. The summed E-state index contributed by atoms with van der Waals surface area (Å²) in [5.41, 5.74) is 1.45. The average Bonchev–Trinajstić information content (AvgIpc) is 3.25. The quantitative estimate of drug-likeness (QED) is 0.828. The maximum Gasteiger partial charge on any atom is 0.168 e. The molecule has 0 aromatic carbocycles. The van der Waals surface area contributed by atoms with Gasteiger partial charge in [-0.25, -0.2) is 0 Å². The van der Waals surface area contributed by atoms with Gasteiger partial charge in [-0.2, -0.15) is 0 Å². The summed E-state index contributed by atoms with van der Waals surface area (Å²) < 4.78 is 0. The van der Waals surface area contributed by atoms with Gasteiger partial charge in [-0.15, -0.1) is 0 Å². The highest BCUT2D eigenvalue weighted by Crippen LogP contribution is 2.41. The van der Waals surface area contributed by atoms with Gasteiger partial charge in [0.25, 0.3) is 0 Å². The molecule has 0 bridgehead atoms. The van der Waals surface area contributed by atoms with Crippen molar-refractivity contribution >= 4 is 33.9 Å². The number of fused-ring (bicyclic) bond motifs is 4. The van der Waals surface area contributed by atoms with Gasteiger partial charge in [0.1, 0.15) is 0 Å². The van der Waals surface area contributed by atoms with Gasteiger partial charge in [-0.1, -0.05) is 49.2 Å². The summed E-state index contributed by atoms with van der Waals surface area (Å²) in [6.07, 6.45) is 10.6. The fourth-order valence-electron chi connectivity index (χ4n) is 4.60. The van der Waals surface area contributed by atoms with Gasteiger partial charge in [0.2, 0.25) is 0 Å². The van der Waals surface area contributed by atoms with Crippen LogP contribution in [0.25, 0.3) is 0 Å². The highest BCUT2D eigenvalue weighted by molar-refractivity contribution is 8.17. The lowest BCUT2D eigenvalue weighted by Crippen LogP contribution is -2.39. The highest BCUT2D eigenvalue weighted by Gasteiger charge is 2.41. The molecule has 0 unspecified atom stereocenters. The van der Waals surface area contributed by atoms with Crippen molar-refractivity contribution < 1.29 is 0 Å². The van der Waals surface area contributed by atoms with Gasteiger partial charge >= 0.3 is 0 Å². The lowest BCUT2D eigenvalue weighted by atomic mass is 9.91. The maximum absolute atomic E-state index is 4.96. The minimum Gasteiger partial charge on any atom is -0.360 e. The molecule has 0 saturated heterocycles. The van der Waals surface area contributed by atoms with Crippen LogP contribution in [0, 0.1) is 0 Å². The van der Waals surface area contributed by atoms with E-state index in [0.29, 0.717) is 24.2 Å². The summed E-state index contributed by atoms with van der Waals surface area (Å²) in [6.45, 7) is 0. The first-order chi connectivity index (χ1) is 11.4. The van der Waals surface area contributed by atoms with Crippen LogP contribution in [0.3, 0.4) is 0 Å². The predicted octanol–water partition coefficient (Wildman–Crippen LogP) is 3.56. The Morgan fingerprint density at radius 3 is 2.83 bits per heavy atom. The van der Waals surface area contributed by atoms with Crippen LogP contribution in [0.5, 0.6) is 0 Å². The minimum absolute atomic E-state index is 0.546. The van der Waals surface area contributed by atoms with E-state index in [1.165, 1.54) is 67.4 Å². The lowest BCUT2D eigenvalue weighted by molar-refractivity contribution is 0.285. The molecule has 0 radical (unpaired) electrons. The van der Waals surface area contributed by atoms with Crippen molar-refractivity contribution in [3.63, 3.8) is 0 Å². The molecule has 4 atom stereocenters.